The number of aromatic nitrogens is 2. The average molecular weight is 311 g/mol. The number of nitrogens with zero attached hydrogens (tertiary/aromatic N) is 1. The first-order valence-corrected chi connectivity index (χ1v) is 7.20. The molecule has 1 heterocycles. The number of benzene rings is 2. The maximum Gasteiger partial charge on any atom is 0.262 e. The van der Waals surface area contributed by atoms with Crippen LogP contribution in [0.4, 0.5) is 5.69 Å². The lowest BCUT2D eigenvalue weighted by Gasteiger charge is -2.07. The molecule has 6 heteroatoms. The summed E-state index contributed by atoms with van der Waals surface area (Å²) < 4.78 is 10.5. The summed E-state index contributed by atoms with van der Waals surface area (Å²) in [6.07, 6.45) is 0. The lowest BCUT2D eigenvalue weighted by Crippen LogP contribution is -2.20. The summed E-state index contributed by atoms with van der Waals surface area (Å²) in [7, 11) is 1.62. The van der Waals surface area contributed by atoms with Crippen LogP contribution in [0.15, 0.2) is 48.5 Å². The molecule has 118 valence electrons. The molecule has 0 unspecified atom stereocenters. The van der Waals surface area contributed by atoms with Crippen molar-refractivity contribution < 1.29 is 14.3 Å². The summed E-state index contributed by atoms with van der Waals surface area (Å²) in [5, 5.41) is 2.80. The van der Waals surface area contributed by atoms with E-state index in [4.69, 9.17) is 9.47 Å². The normalized spacial score (nSPS) is 10.7. The molecule has 0 saturated heterocycles. The summed E-state index contributed by atoms with van der Waals surface area (Å²) in [5.74, 6) is 1.19. The Hall–Kier alpha value is -2.86. The van der Waals surface area contributed by atoms with Crippen molar-refractivity contribution in [2.75, 3.05) is 19.0 Å². The van der Waals surface area contributed by atoms with Crippen LogP contribution in [0.1, 0.15) is 5.82 Å². The third kappa shape index (κ3) is 3.87. The van der Waals surface area contributed by atoms with Gasteiger partial charge in [0.05, 0.1) is 11.0 Å². The smallest absolute Gasteiger partial charge is 0.262 e. The Labute approximate surface area is 133 Å². The van der Waals surface area contributed by atoms with Gasteiger partial charge in [-0.2, -0.15) is 0 Å². The van der Waals surface area contributed by atoms with Gasteiger partial charge in [0.1, 0.15) is 18.2 Å². The number of fused-ring (bicyclic) bond motifs is 1. The molecule has 0 bridgehead atoms. The Morgan fingerprint density at radius 2 is 2.04 bits per heavy atom. The number of aromatic amines is 1. The van der Waals surface area contributed by atoms with E-state index in [1.165, 1.54) is 0 Å². The monoisotopic (exact) mass is 311 g/mol. The van der Waals surface area contributed by atoms with Crippen molar-refractivity contribution in [1.29, 1.82) is 0 Å². The van der Waals surface area contributed by atoms with Gasteiger partial charge in [0.2, 0.25) is 0 Å². The quantitative estimate of drug-likeness (QED) is 0.734. The number of methoxy groups -OCH3 is 1. The molecule has 0 saturated carbocycles. The number of para-hydroxylation sites is 1. The van der Waals surface area contributed by atoms with Crippen LogP contribution in [-0.2, 0) is 16.1 Å². The zero-order chi connectivity index (χ0) is 16.1. The lowest BCUT2D eigenvalue weighted by atomic mass is 10.3. The van der Waals surface area contributed by atoms with E-state index in [1.54, 1.807) is 25.3 Å². The van der Waals surface area contributed by atoms with Crippen molar-refractivity contribution in [1.82, 2.24) is 9.97 Å². The predicted octanol–water partition coefficient (Wildman–Crippen LogP) is 2.73. The summed E-state index contributed by atoms with van der Waals surface area (Å²) >= 11 is 0. The van der Waals surface area contributed by atoms with Crippen molar-refractivity contribution in [2.45, 2.75) is 6.61 Å². The third-order valence-electron chi connectivity index (χ3n) is 3.21. The number of imidazole rings is 1. The molecule has 0 radical (unpaired) electrons. The Balaban J connectivity index is 1.62. The topological polar surface area (TPSA) is 76.2 Å². The number of hydrogen-bond donors (Lipinski definition) is 2. The number of H-pyrrole nitrogens is 1. The summed E-state index contributed by atoms with van der Waals surface area (Å²) in [6, 6.07) is 14.7. The number of carbonyl (C=O) groups excluding carboxylic acids is 1. The molecule has 2 aromatic carbocycles. The highest BCUT2D eigenvalue weighted by atomic mass is 16.5. The molecule has 3 aromatic rings. The molecular formula is C17H17N3O3. The van der Waals surface area contributed by atoms with Gasteiger partial charge in [0, 0.05) is 12.8 Å². The van der Waals surface area contributed by atoms with Crippen molar-refractivity contribution in [3.8, 4) is 5.75 Å². The lowest BCUT2D eigenvalue weighted by molar-refractivity contribution is -0.118. The molecule has 23 heavy (non-hydrogen) atoms. The van der Waals surface area contributed by atoms with Gasteiger partial charge in [-0.25, -0.2) is 4.98 Å². The molecule has 0 aliphatic rings. The van der Waals surface area contributed by atoms with E-state index in [2.05, 4.69) is 15.3 Å². The number of carbonyl (C=O) groups is 1. The van der Waals surface area contributed by atoms with E-state index in [0.717, 1.165) is 16.9 Å². The zero-order valence-corrected chi connectivity index (χ0v) is 12.7. The van der Waals surface area contributed by atoms with Gasteiger partial charge in [-0.15, -0.1) is 0 Å². The minimum atomic E-state index is -0.218. The highest BCUT2D eigenvalue weighted by Crippen LogP contribution is 2.17. The van der Waals surface area contributed by atoms with E-state index in [9.17, 15) is 4.79 Å². The maximum atomic E-state index is 11.9. The summed E-state index contributed by atoms with van der Waals surface area (Å²) in [4.78, 5) is 19.5. The largest absolute Gasteiger partial charge is 0.484 e. The number of rotatable bonds is 6. The Morgan fingerprint density at radius 1 is 1.22 bits per heavy atom. The Morgan fingerprint density at radius 3 is 2.83 bits per heavy atom. The van der Waals surface area contributed by atoms with Crippen LogP contribution in [0.2, 0.25) is 0 Å². The molecule has 0 atom stereocenters. The highest BCUT2D eigenvalue weighted by molar-refractivity contribution is 5.94. The number of hydrogen-bond acceptors (Lipinski definition) is 4. The second kappa shape index (κ2) is 6.93. The van der Waals surface area contributed by atoms with Crippen LogP contribution in [0, 0.1) is 0 Å². The zero-order valence-electron chi connectivity index (χ0n) is 12.7. The fourth-order valence-electron chi connectivity index (χ4n) is 2.21. The maximum absolute atomic E-state index is 11.9. The van der Waals surface area contributed by atoms with Crippen LogP contribution >= 0.6 is 0 Å². The van der Waals surface area contributed by atoms with Crippen molar-refractivity contribution in [3.63, 3.8) is 0 Å². The van der Waals surface area contributed by atoms with Crippen LogP contribution in [0.5, 0.6) is 5.75 Å². The van der Waals surface area contributed by atoms with E-state index in [0.29, 0.717) is 18.0 Å². The van der Waals surface area contributed by atoms with Crippen LogP contribution in [-0.4, -0.2) is 29.6 Å². The first kappa shape index (κ1) is 15.1. The SMILES string of the molecule is COCc1nc2ccc(NC(=O)COc3ccccc3)cc2[nH]1. The molecule has 0 fully saturated rings. The molecule has 0 spiro atoms. The van der Waals surface area contributed by atoms with Crippen molar-refractivity contribution in [3.05, 3.63) is 54.4 Å². The fraction of sp³-hybridized carbons (Fsp3) is 0.176. The van der Waals surface area contributed by atoms with E-state index in [1.807, 2.05) is 30.3 Å². The Bertz CT molecular complexity index is 799. The standard InChI is InChI=1S/C17H17N3O3/c1-22-10-16-19-14-8-7-12(9-15(14)20-16)18-17(21)11-23-13-5-3-2-4-6-13/h2-9H,10-11H2,1H3,(H,18,21)(H,19,20). The Kier molecular flexibility index (Phi) is 4.54. The summed E-state index contributed by atoms with van der Waals surface area (Å²) in [5.41, 5.74) is 2.36. The number of anilines is 1. The highest BCUT2D eigenvalue weighted by Gasteiger charge is 2.07. The molecule has 2 N–H and O–H groups in total. The van der Waals surface area contributed by atoms with Crippen molar-refractivity contribution in [2.24, 2.45) is 0 Å². The van der Waals surface area contributed by atoms with Gasteiger partial charge in [-0.05, 0) is 30.3 Å². The van der Waals surface area contributed by atoms with Crippen LogP contribution in [0.25, 0.3) is 11.0 Å². The predicted molar refractivity (Wildman–Crippen MR) is 87.4 cm³/mol. The minimum absolute atomic E-state index is 0.0417. The second-order valence-corrected chi connectivity index (χ2v) is 5.00. The molecule has 1 aromatic heterocycles. The van der Waals surface area contributed by atoms with Gasteiger partial charge in [0.25, 0.3) is 5.91 Å². The van der Waals surface area contributed by atoms with E-state index in [-0.39, 0.29) is 12.5 Å². The fourth-order valence-corrected chi connectivity index (χ4v) is 2.21. The summed E-state index contributed by atoms with van der Waals surface area (Å²) in [6.45, 7) is 0.376. The number of ether oxygens (including phenoxy) is 2. The van der Waals surface area contributed by atoms with Gasteiger partial charge in [-0.3, -0.25) is 4.79 Å². The number of amides is 1. The van der Waals surface area contributed by atoms with Gasteiger partial charge in [-0.1, -0.05) is 18.2 Å². The minimum Gasteiger partial charge on any atom is -0.484 e. The molecule has 3 rings (SSSR count). The van der Waals surface area contributed by atoms with E-state index >= 15 is 0 Å². The van der Waals surface area contributed by atoms with Gasteiger partial charge >= 0.3 is 0 Å². The first-order valence-electron chi connectivity index (χ1n) is 7.20. The molecule has 1 amide bonds. The van der Waals surface area contributed by atoms with E-state index < -0.39 is 0 Å². The second-order valence-electron chi connectivity index (χ2n) is 5.00. The number of nitrogens with one attached hydrogen (secondary N) is 2. The molecule has 0 aliphatic carbocycles. The van der Waals surface area contributed by atoms with Crippen molar-refractivity contribution >= 4 is 22.6 Å². The first-order chi connectivity index (χ1) is 11.2. The van der Waals surface area contributed by atoms with Crippen LogP contribution in [0.3, 0.4) is 0 Å². The van der Waals surface area contributed by atoms with Crippen LogP contribution < -0.4 is 10.1 Å². The molecular weight excluding hydrogens is 294 g/mol. The molecule has 6 nitrogen and oxygen atoms in total. The third-order valence-corrected chi connectivity index (χ3v) is 3.21. The van der Waals surface area contributed by atoms with Gasteiger partial charge < -0.3 is 19.8 Å². The molecule has 0 aliphatic heterocycles. The van der Waals surface area contributed by atoms with Gasteiger partial charge in [0.15, 0.2) is 6.61 Å². The average Bonchev–Trinajstić information content (AvgIpc) is 2.96.